The summed E-state index contributed by atoms with van der Waals surface area (Å²) < 4.78 is 11.3. The number of carbonyl (C=O) groups excluding carboxylic acids is 1. The molecule has 1 rings (SSSR count). The van der Waals surface area contributed by atoms with E-state index in [1.165, 1.54) is 0 Å². The molecule has 0 heterocycles. The molecule has 0 amide bonds. The number of allylic oxidation sites excluding steroid dienone is 1. The second-order valence-electron chi connectivity index (χ2n) is 5.98. The van der Waals surface area contributed by atoms with Crippen molar-refractivity contribution in [1.82, 2.24) is 0 Å². The van der Waals surface area contributed by atoms with E-state index < -0.39 is 0 Å². The third-order valence-electron chi connectivity index (χ3n) is 3.72. The van der Waals surface area contributed by atoms with Gasteiger partial charge in [-0.05, 0) is 19.3 Å². The van der Waals surface area contributed by atoms with E-state index in [4.69, 9.17) is 9.47 Å². The summed E-state index contributed by atoms with van der Waals surface area (Å²) in [6, 6.07) is 5.98. The van der Waals surface area contributed by atoms with Crippen LogP contribution in [0.5, 0.6) is 5.75 Å². The first-order chi connectivity index (χ1) is 11.7. The number of unbranched alkanes of at least 4 members (excludes halogenated alkanes) is 3. The van der Waals surface area contributed by atoms with Crippen LogP contribution in [0.4, 0.5) is 0 Å². The van der Waals surface area contributed by atoms with E-state index in [1.54, 1.807) is 0 Å². The zero-order valence-electron chi connectivity index (χ0n) is 15.5. The lowest BCUT2D eigenvalue weighted by Crippen LogP contribution is -2.11. The second-order valence-corrected chi connectivity index (χ2v) is 5.98. The van der Waals surface area contributed by atoms with E-state index in [1.807, 2.05) is 18.2 Å². The van der Waals surface area contributed by atoms with E-state index in [0.717, 1.165) is 55.4 Å². The van der Waals surface area contributed by atoms with E-state index in [2.05, 4.69) is 32.9 Å². The van der Waals surface area contributed by atoms with Gasteiger partial charge in [-0.3, -0.25) is 4.79 Å². The van der Waals surface area contributed by atoms with Gasteiger partial charge in [0.05, 0.1) is 19.6 Å². The number of hydrogen-bond acceptors (Lipinski definition) is 3. The van der Waals surface area contributed by atoms with Gasteiger partial charge in [0, 0.05) is 11.1 Å². The molecule has 0 saturated carbocycles. The smallest absolute Gasteiger partial charge is 0.310 e. The van der Waals surface area contributed by atoms with E-state index in [-0.39, 0.29) is 12.4 Å². The van der Waals surface area contributed by atoms with Crippen molar-refractivity contribution in [2.75, 3.05) is 13.2 Å². The third kappa shape index (κ3) is 7.67. The Hall–Kier alpha value is -1.77. The number of hydrogen-bond donors (Lipinski definition) is 0. The van der Waals surface area contributed by atoms with Gasteiger partial charge in [-0.15, -0.1) is 0 Å². The fourth-order valence-corrected chi connectivity index (χ4v) is 2.28. The molecule has 1 aromatic rings. The van der Waals surface area contributed by atoms with Gasteiger partial charge in [0.25, 0.3) is 0 Å². The van der Waals surface area contributed by atoms with Crippen LogP contribution in [0, 0.1) is 0 Å². The Labute approximate surface area is 147 Å². The number of para-hydroxylation sites is 1. The maximum Gasteiger partial charge on any atom is 0.310 e. The number of carbonyl (C=O) groups is 1. The average molecular weight is 332 g/mol. The van der Waals surface area contributed by atoms with Crippen molar-refractivity contribution in [3.63, 3.8) is 0 Å². The molecule has 0 aromatic heterocycles. The fraction of sp³-hybridized carbons (Fsp3) is 0.571. The van der Waals surface area contributed by atoms with Crippen LogP contribution in [0.1, 0.15) is 70.4 Å². The van der Waals surface area contributed by atoms with Gasteiger partial charge in [0.15, 0.2) is 0 Å². The quantitative estimate of drug-likeness (QED) is 0.371. The molecule has 0 saturated heterocycles. The molecule has 0 unspecified atom stereocenters. The number of benzene rings is 1. The average Bonchev–Trinajstić information content (AvgIpc) is 2.57. The molecule has 0 atom stereocenters. The topological polar surface area (TPSA) is 35.5 Å². The highest BCUT2D eigenvalue weighted by atomic mass is 16.5. The van der Waals surface area contributed by atoms with E-state index in [9.17, 15) is 4.79 Å². The van der Waals surface area contributed by atoms with Crippen LogP contribution in [0.15, 0.2) is 24.3 Å². The lowest BCUT2D eigenvalue weighted by molar-refractivity contribution is -0.142. The molecule has 0 N–H and O–H groups in total. The molecule has 1 aromatic carbocycles. The summed E-state index contributed by atoms with van der Waals surface area (Å²) in [5, 5.41) is 0. The lowest BCUT2D eigenvalue weighted by atomic mass is 10.0. The summed E-state index contributed by atoms with van der Waals surface area (Å²) in [6.45, 7) is 7.55. The second kappa shape index (κ2) is 12.6. The SMILES string of the molecule is CCC/C=C/c1cccc(CC(=O)OCCCC)c1OCCCC. The summed E-state index contributed by atoms with van der Waals surface area (Å²) in [5.74, 6) is 0.643. The molecule has 0 aliphatic carbocycles. The first-order valence-corrected chi connectivity index (χ1v) is 9.29. The predicted octanol–water partition coefficient (Wildman–Crippen LogP) is 5.56. The maximum absolute atomic E-state index is 12.0. The monoisotopic (exact) mass is 332 g/mol. The highest BCUT2D eigenvalue weighted by Crippen LogP contribution is 2.27. The number of rotatable bonds is 12. The highest BCUT2D eigenvalue weighted by Gasteiger charge is 2.13. The Kier molecular flexibility index (Phi) is 10.7. The summed E-state index contributed by atoms with van der Waals surface area (Å²) in [5.41, 5.74) is 1.95. The number of ether oxygens (including phenoxy) is 2. The molecule has 0 fully saturated rings. The molecule has 3 nitrogen and oxygen atoms in total. The van der Waals surface area contributed by atoms with E-state index in [0.29, 0.717) is 13.2 Å². The van der Waals surface area contributed by atoms with Crippen molar-refractivity contribution in [2.45, 2.75) is 65.7 Å². The van der Waals surface area contributed by atoms with Crippen molar-refractivity contribution in [3.8, 4) is 5.75 Å². The Morgan fingerprint density at radius 3 is 2.50 bits per heavy atom. The highest BCUT2D eigenvalue weighted by molar-refractivity contribution is 5.75. The van der Waals surface area contributed by atoms with Gasteiger partial charge in [0.1, 0.15) is 5.75 Å². The van der Waals surface area contributed by atoms with Crippen LogP contribution in [0.3, 0.4) is 0 Å². The summed E-state index contributed by atoms with van der Waals surface area (Å²) in [6.07, 6.45) is 10.7. The van der Waals surface area contributed by atoms with Crippen LogP contribution in [-0.2, 0) is 16.0 Å². The Morgan fingerprint density at radius 1 is 1.04 bits per heavy atom. The van der Waals surface area contributed by atoms with Gasteiger partial charge < -0.3 is 9.47 Å². The Morgan fingerprint density at radius 2 is 1.79 bits per heavy atom. The molecule has 3 heteroatoms. The molecule has 0 bridgehead atoms. The molecule has 24 heavy (non-hydrogen) atoms. The lowest BCUT2D eigenvalue weighted by Gasteiger charge is -2.14. The Balaban J connectivity index is 2.86. The molecule has 0 spiro atoms. The maximum atomic E-state index is 12.0. The van der Waals surface area contributed by atoms with Crippen LogP contribution >= 0.6 is 0 Å². The van der Waals surface area contributed by atoms with Gasteiger partial charge in [-0.25, -0.2) is 0 Å². The van der Waals surface area contributed by atoms with Crippen molar-refractivity contribution < 1.29 is 14.3 Å². The molecule has 0 aliphatic rings. The van der Waals surface area contributed by atoms with Crippen LogP contribution in [-0.4, -0.2) is 19.2 Å². The molecule has 134 valence electrons. The van der Waals surface area contributed by atoms with Gasteiger partial charge in [0.2, 0.25) is 0 Å². The van der Waals surface area contributed by atoms with Gasteiger partial charge in [-0.1, -0.05) is 70.4 Å². The first kappa shape index (κ1) is 20.3. The normalized spacial score (nSPS) is 11.0. The minimum atomic E-state index is -0.182. The fourth-order valence-electron chi connectivity index (χ4n) is 2.28. The minimum Gasteiger partial charge on any atom is -0.493 e. The summed E-state index contributed by atoms with van der Waals surface area (Å²) in [4.78, 5) is 12.0. The Bertz CT molecular complexity index is 506. The molecule has 0 radical (unpaired) electrons. The van der Waals surface area contributed by atoms with Crippen molar-refractivity contribution in [1.29, 1.82) is 0 Å². The zero-order chi connectivity index (χ0) is 17.6. The third-order valence-corrected chi connectivity index (χ3v) is 3.72. The number of esters is 1. The summed E-state index contributed by atoms with van der Waals surface area (Å²) >= 11 is 0. The van der Waals surface area contributed by atoms with Crippen LogP contribution in [0.2, 0.25) is 0 Å². The van der Waals surface area contributed by atoms with Crippen LogP contribution in [0.25, 0.3) is 6.08 Å². The molecule has 0 aliphatic heterocycles. The predicted molar refractivity (Wildman–Crippen MR) is 100 cm³/mol. The molecular weight excluding hydrogens is 300 g/mol. The first-order valence-electron chi connectivity index (χ1n) is 9.29. The van der Waals surface area contributed by atoms with Gasteiger partial charge in [-0.2, -0.15) is 0 Å². The van der Waals surface area contributed by atoms with Gasteiger partial charge >= 0.3 is 5.97 Å². The van der Waals surface area contributed by atoms with Crippen LogP contribution < -0.4 is 4.74 Å². The summed E-state index contributed by atoms with van der Waals surface area (Å²) in [7, 11) is 0. The standard InChI is InChI=1S/C21H32O3/c1-4-7-10-12-18-13-11-14-19(21(18)24-16-9-6-3)17-20(22)23-15-8-5-2/h10-14H,4-9,15-17H2,1-3H3/b12-10+. The zero-order valence-corrected chi connectivity index (χ0v) is 15.5. The van der Waals surface area contributed by atoms with Crippen molar-refractivity contribution in [3.05, 3.63) is 35.4 Å². The molecular formula is C21H32O3. The minimum absolute atomic E-state index is 0.182. The largest absolute Gasteiger partial charge is 0.493 e. The van der Waals surface area contributed by atoms with Crippen molar-refractivity contribution >= 4 is 12.0 Å². The van der Waals surface area contributed by atoms with E-state index >= 15 is 0 Å². The van der Waals surface area contributed by atoms with Crippen molar-refractivity contribution in [2.24, 2.45) is 0 Å².